The highest BCUT2D eigenvalue weighted by Crippen LogP contribution is 2.12. The van der Waals surface area contributed by atoms with Crippen LogP contribution in [0.15, 0.2) is 24.3 Å². The Kier molecular flexibility index (Phi) is 4.17. The van der Waals surface area contributed by atoms with Crippen molar-refractivity contribution >= 4 is 11.9 Å². The van der Waals surface area contributed by atoms with Crippen molar-refractivity contribution in [2.45, 2.75) is 12.5 Å². The SMILES string of the molecule is [NH3+][C@H](C(=O)O)[C@@H](Cc1cccc(F)c1)C(=O)[O-]. The van der Waals surface area contributed by atoms with Crippen molar-refractivity contribution in [3.8, 4) is 0 Å². The molecule has 0 amide bonds. The van der Waals surface area contributed by atoms with E-state index in [1.807, 2.05) is 0 Å². The number of halogens is 1. The summed E-state index contributed by atoms with van der Waals surface area (Å²) >= 11 is 0. The molecule has 0 aliphatic heterocycles. The summed E-state index contributed by atoms with van der Waals surface area (Å²) in [6.45, 7) is 0. The predicted molar refractivity (Wildman–Crippen MR) is 52.9 cm³/mol. The first-order chi connectivity index (χ1) is 7.91. The van der Waals surface area contributed by atoms with Crippen LogP contribution in [0.2, 0.25) is 0 Å². The van der Waals surface area contributed by atoms with Gasteiger partial charge in [-0.05, 0) is 24.1 Å². The summed E-state index contributed by atoms with van der Waals surface area (Å²) in [4.78, 5) is 21.5. The number of carboxylic acid groups (broad SMARTS) is 2. The lowest BCUT2D eigenvalue weighted by atomic mass is 9.93. The Morgan fingerprint density at radius 2 is 2.12 bits per heavy atom. The molecule has 4 N–H and O–H groups in total. The zero-order chi connectivity index (χ0) is 13.0. The molecule has 0 unspecified atom stereocenters. The molecule has 0 saturated carbocycles. The Labute approximate surface area is 96.7 Å². The Balaban J connectivity index is 2.88. The molecule has 6 heteroatoms. The van der Waals surface area contributed by atoms with Gasteiger partial charge in [0.1, 0.15) is 5.82 Å². The summed E-state index contributed by atoms with van der Waals surface area (Å²) in [6, 6.07) is 3.99. The van der Waals surface area contributed by atoms with Crippen LogP contribution in [-0.4, -0.2) is 23.1 Å². The summed E-state index contributed by atoms with van der Waals surface area (Å²) in [7, 11) is 0. The van der Waals surface area contributed by atoms with Crippen molar-refractivity contribution in [2.24, 2.45) is 5.92 Å². The Bertz CT molecular complexity index is 435. The second-order valence-electron chi connectivity index (χ2n) is 3.70. The Morgan fingerprint density at radius 1 is 1.47 bits per heavy atom. The lowest BCUT2D eigenvalue weighted by Crippen LogP contribution is -2.70. The third-order valence-electron chi connectivity index (χ3n) is 2.45. The maximum atomic E-state index is 12.9. The second kappa shape index (κ2) is 5.40. The molecule has 0 aliphatic rings. The first kappa shape index (κ1) is 13.1. The average molecular weight is 241 g/mol. The molecule has 0 aliphatic carbocycles. The van der Waals surface area contributed by atoms with Crippen molar-refractivity contribution in [2.75, 3.05) is 0 Å². The smallest absolute Gasteiger partial charge is 0.363 e. The highest BCUT2D eigenvalue weighted by atomic mass is 19.1. The van der Waals surface area contributed by atoms with Crippen LogP contribution in [0, 0.1) is 11.7 Å². The van der Waals surface area contributed by atoms with Crippen LogP contribution in [0.5, 0.6) is 0 Å². The van der Waals surface area contributed by atoms with Crippen LogP contribution in [0.25, 0.3) is 0 Å². The average Bonchev–Trinajstić information content (AvgIpc) is 2.24. The van der Waals surface area contributed by atoms with Gasteiger partial charge in [0.15, 0.2) is 6.04 Å². The summed E-state index contributed by atoms with van der Waals surface area (Å²) in [5.74, 6) is -4.61. The van der Waals surface area contributed by atoms with Gasteiger partial charge in [-0.15, -0.1) is 0 Å². The van der Waals surface area contributed by atoms with Crippen molar-refractivity contribution in [3.05, 3.63) is 35.6 Å². The van der Waals surface area contributed by atoms with E-state index in [4.69, 9.17) is 5.11 Å². The molecule has 1 aromatic rings. The lowest BCUT2D eigenvalue weighted by molar-refractivity contribution is -0.424. The molecule has 5 nitrogen and oxygen atoms in total. The van der Waals surface area contributed by atoms with Crippen molar-refractivity contribution < 1.29 is 29.9 Å². The van der Waals surface area contributed by atoms with Gasteiger partial charge in [-0.25, -0.2) is 9.18 Å². The molecule has 1 aromatic carbocycles. The minimum atomic E-state index is -1.50. The van der Waals surface area contributed by atoms with Crippen LogP contribution in [-0.2, 0) is 16.0 Å². The third-order valence-corrected chi connectivity index (χ3v) is 2.45. The molecular formula is C11H12FNO4. The Hall–Kier alpha value is -1.95. The fourth-order valence-electron chi connectivity index (χ4n) is 1.48. The molecule has 0 heterocycles. The van der Waals surface area contributed by atoms with Gasteiger partial charge in [-0.1, -0.05) is 12.1 Å². The van der Waals surface area contributed by atoms with Crippen LogP contribution in [0.3, 0.4) is 0 Å². The number of quaternary nitrogens is 1. The van der Waals surface area contributed by atoms with Crippen molar-refractivity contribution in [1.82, 2.24) is 0 Å². The number of aliphatic carboxylic acids is 2. The van der Waals surface area contributed by atoms with E-state index >= 15 is 0 Å². The van der Waals surface area contributed by atoms with Gasteiger partial charge >= 0.3 is 5.97 Å². The monoisotopic (exact) mass is 241 g/mol. The number of carbonyl (C=O) groups excluding carboxylic acids is 1. The molecule has 0 spiro atoms. The quantitative estimate of drug-likeness (QED) is 0.649. The minimum absolute atomic E-state index is 0.124. The zero-order valence-electron chi connectivity index (χ0n) is 8.93. The van der Waals surface area contributed by atoms with Crippen LogP contribution >= 0.6 is 0 Å². The second-order valence-corrected chi connectivity index (χ2v) is 3.70. The van der Waals surface area contributed by atoms with Crippen molar-refractivity contribution in [1.29, 1.82) is 0 Å². The molecule has 0 radical (unpaired) electrons. The van der Waals surface area contributed by atoms with E-state index in [0.717, 1.165) is 6.07 Å². The number of rotatable bonds is 5. The summed E-state index contributed by atoms with van der Waals surface area (Å²) < 4.78 is 12.9. The van der Waals surface area contributed by atoms with Gasteiger partial charge in [0.2, 0.25) is 0 Å². The van der Waals surface area contributed by atoms with E-state index in [1.54, 1.807) is 0 Å². The Morgan fingerprint density at radius 3 is 2.59 bits per heavy atom. The predicted octanol–water partition coefficient (Wildman–Crippen LogP) is -1.57. The lowest BCUT2D eigenvalue weighted by Gasteiger charge is -2.19. The highest BCUT2D eigenvalue weighted by molar-refractivity contribution is 5.80. The fourth-order valence-corrected chi connectivity index (χ4v) is 1.48. The molecule has 2 atom stereocenters. The van der Waals surface area contributed by atoms with E-state index in [9.17, 15) is 19.1 Å². The van der Waals surface area contributed by atoms with E-state index in [1.165, 1.54) is 18.2 Å². The summed E-state index contributed by atoms with van der Waals surface area (Å²) in [5, 5.41) is 19.5. The van der Waals surface area contributed by atoms with Gasteiger partial charge in [-0.3, -0.25) is 0 Å². The molecule has 0 saturated heterocycles. The van der Waals surface area contributed by atoms with Gasteiger partial charge in [-0.2, -0.15) is 0 Å². The topological polar surface area (TPSA) is 105 Å². The highest BCUT2D eigenvalue weighted by Gasteiger charge is 2.29. The first-order valence-corrected chi connectivity index (χ1v) is 4.93. The van der Waals surface area contributed by atoms with Crippen LogP contribution < -0.4 is 10.8 Å². The molecular weight excluding hydrogens is 229 g/mol. The normalized spacial score (nSPS) is 14.0. The maximum absolute atomic E-state index is 12.9. The molecule has 1 rings (SSSR count). The fraction of sp³-hybridized carbons (Fsp3) is 0.273. The summed E-state index contributed by atoms with van der Waals surface area (Å²) in [6.07, 6.45) is -0.124. The number of benzene rings is 1. The van der Waals surface area contributed by atoms with Gasteiger partial charge in [0, 0.05) is 0 Å². The van der Waals surface area contributed by atoms with E-state index in [0.29, 0.717) is 5.56 Å². The molecule has 0 aromatic heterocycles. The number of hydrogen-bond donors (Lipinski definition) is 2. The maximum Gasteiger partial charge on any atom is 0.363 e. The van der Waals surface area contributed by atoms with E-state index < -0.39 is 29.7 Å². The van der Waals surface area contributed by atoms with Crippen LogP contribution in [0.1, 0.15) is 5.56 Å². The van der Waals surface area contributed by atoms with Gasteiger partial charge in [0.05, 0.1) is 11.9 Å². The number of carboxylic acids is 2. The van der Waals surface area contributed by atoms with E-state index in [-0.39, 0.29) is 6.42 Å². The number of hydrogen-bond acceptors (Lipinski definition) is 3. The van der Waals surface area contributed by atoms with Gasteiger partial charge in [0.25, 0.3) is 0 Å². The standard InChI is InChI=1S/C11H12FNO4/c12-7-3-1-2-6(4-7)5-8(10(14)15)9(13)11(16)17/h1-4,8-9H,5,13H2,(H,14,15)(H,16,17)/t8-,9+/m1/s1. The number of carbonyl (C=O) groups is 2. The largest absolute Gasteiger partial charge is 0.550 e. The molecule has 0 bridgehead atoms. The molecule has 92 valence electrons. The third kappa shape index (κ3) is 3.53. The molecule has 17 heavy (non-hydrogen) atoms. The minimum Gasteiger partial charge on any atom is -0.550 e. The van der Waals surface area contributed by atoms with Crippen LogP contribution in [0.4, 0.5) is 4.39 Å². The van der Waals surface area contributed by atoms with E-state index in [2.05, 4.69) is 5.73 Å². The van der Waals surface area contributed by atoms with Crippen molar-refractivity contribution in [3.63, 3.8) is 0 Å². The first-order valence-electron chi connectivity index (χ1n) is 4.93. The molecule has 0 fully saturated rings. The summed E-state index contributed by atoms with van der Waals surface area (Å²) in [5.41, 5.74) is 3.66. The van der Waals surface area contributed by atoms with Gasteiger partial charge < -0.3 is 20.7 Å². The zero-order valence-corrected chi connectivity index (χ0v) is 8.93.